The van der Waals surface area contributed by atoms with Crippen LogP contribution in [0.5, 0.6) is 0 Å². The maximum Gasteiger partial charge on any atom is 0.405 e. The van der Waals surface area contributed by atoms with E-state index in [0.717, 1.165) is 10.6 Å². The van der Waals surface area contributed by atoms with Crippen molar-refractivity contribution in [2.75, 3.05) is 0 Å². The van der Waals surface area contributed by atoms with Crippen LogP contribution in [0.15, 0.2) is 24.3 Å². The molecular formula is C16H18F3N3O. The number of alkyl halides is 3. The van der Waals surface area contributed by atoms with Crippen LogP contribution >= 0.6 is 0 Å². The fourth-order valence-corrected chi connectivity index (χ4v) is 2.79. The van der Waals surface area contributed by atoms with Crippen molar-refractivity contribution in [2.24, 2.45) is 0 Å². The molecule has 0 spiro atoms. The molecule has 1 aromatic rings. The summed E-state index contributed by atoms with van der Waals surface area (Å²) in [7, 11) is 0. The minimum absolute atomic E-state index is 0.0381. The average Bonchev–Trinajstić information content (AvgIpc) is 2.71. The lowest BCUT2D eigenvalue weighted by atomic mass is 9.97. The Morgan fingerprint density at radius 3 is 2.39 bits per heavy atom. The van der Waals surface area contributed by atoms with Crippen LogP contribution in [0.2, 0.25) is 0 Å². The van der Waals surface area contributed by atoms with Crippen LogP contribution in [-0.2, 0) is 11.2 Å². The first-order valence-corrected chi connectivity index (χ1v) is 7.28. The maximum absolute atomic E-state index is 13.4. The van der Waals surface area contributed by atoms with Crippen LogP contribution in [0.3, 0.4) is 0 Å². The summed E-state index contributed by atoms with van der Waals surface area (Å²) in [6, 6.07) is 6.69. The van der Waals surface area contributed by atoms with Crippen molar-refractivity contribution in [1.82, 2.24) is 10.4 Å². The highest BCUT2D eigenvalue weighted by Gasteiger charge is 2.51. The summed E-state index contributed by atoms with van der Waals surface area (Å²) in [5, 5.41) is 9.76. The van der Waals surface area contributed by atoms with Gasteiger partial charge in [0.15, 0.2) is 0 Å². The van der Waals surface area contributed by atoms with Crippen molar-refractivity contribution in [3.63, 3.8) is 0 Å². The number of nitriles is 1. The van der Waals surface area contributed by atoms with Crippen molar-refractivity contribution in [3.05, 3.63) is 35.4 Å². The number of carbonyl (C=O) groups excluding carboxylic acids is 1. The van der Waals surface area contributed by atoms with Crippen molar-refractivity contribution >= 4 is 5.91 Å². The number of aryl methyl sites for hydroxylation is 1. The van der Waals surface area contributed by atoms with Gasteiger partial charge in [0, 0.05) is 12.0 Å². The van der Waals surface area contributed by atoms with Crippen LogP contribution < -0.4 is 5.43 Å². The second-order valence-corrected chi connectivity index (χ2v) is 6.30. The van der Waals surface area contributed by atoms with E-state index in [2.05, 4.69) is 5.43 Å². The highest BCUT2D eigenvalue weighted by Crippen LogP contribution is 2.35. The third-order valence-electron chi connectivity index (χ3n) is 3.97. The molecule has 0 saturated carbocycles. The fourth-order valence-electron chi connectivity index (χ4n) is 2.79. The van der Waals surface area contributed by atoms with E-state index < -0.39 is 23.7 Å². The van der Waals surface area contributed by atoms with E-state index >= 15 is 0 Å². The van der Waals surface area contributed by atoms with Crippen molar-refractivity contribution in [2.45, 2.75) is 50.9 Å². The summed E-state index contributed by atoms with van der Waals surface area (Å²) in [4.78, 5) is 11.5. The lowest BCUT2D eigenvalue weighted by molar-refractivity contribution is -0.202. The van der Waals surface area contributed by atoms with Gasteiger partial charge in [0.25, 0.3) is 0 Å². The van der Waals surface area contributed by atoms with E-state index in [1.54, 1.807) is 38.1 Å². The van der Waals surface area contributed by atoms with Crippen LogP contribution in [-0.4, -0.2) is 28.7 Å². The first-order chi connectivity index (χ1) is 10.6. The number of hydrazine groups is 1. The van der Waals surface area contributed by atoms with Crippen molar-refractivity contribution in [3.8, 4) is 6.07 Å². The lowest BCUT2D eigenvalue weighted by Gasteiger charge is -2.37. The second kappa shape index (κ2) is 6.20. The molecule has 0 aliphatic carbocycles. The minimum Gasteiger partial charge on any atom is -0.288 e. The SMILES string of the molecule is CC1(C)CC(=O)NN1[C@@H](CCc1ccc(C#N)cc1)C(F)(F)F. The Labute approximate surface area is 132 Å². The quantitative estimate of drug-likeness (QED) is 0.926. The zero-order chi connectivity index (χ0) is 17.3. The number of nitrogens with one attached hydrogen (secondary N) is 1. The van der Waals surface area contributed by atoms with Crippen LogP contribution in [0.4, 0.5) is 13.2 Å². The predicted molar refractivity (Wildman–Crippen MR) is 78.0 cm³/mol. The smallest absolute Gasteiger partial charge is 0.288 e. The highest BCUT2D eigenvalue weighted by atomic mass is 19.4. The molecule has 124 valence electrons. The number of amides is 1. The largest absolute Gasteiger partial charge is 0.405 e. The molecular weight excluding hydrogens is 307 g/mol. The Kier molecular flexibility index (Phi) is 4.66. The molecule has 23 heavy (non-hydrogen) atoms. The first-order valence-electron chi connectivity index (χ1n) is 7.28. The molecule has 1 aliphatic rings. The number of halogens is 3. The number of carbonyl (C=O) groups is 1. The third-order valence-corrected chi connectivity index (χ3v) is 3.97. The Morgan fingerprint density at radius 2 is 1.96 bits per heavy atom. The number of nitrogens with zero attached hydrogens (tertiary/aromatic N) is 2. The van der Waals surface area contributed by atoms with Crippen LogP contribution in [0.1, 0.15) is 37.8 Å². The van der Waals surface area contributed by atoms with Gasteiger partial charge in [-0.25, -0.2) is 5.01 Å². The first kappa shape index (κ1) is 17.3. The Bertz CT molecular complexity index is 617. The topological polar surface area (TPSA) is 56.1 Å². The van der Waals surface area contributed by atoms with E-state index in [9.17, 15) is 18.0 Å². The Hall–Kier alpha value is -2.07. The van der Waals surface area contributed by atoms with Gasteiger partial charge in [0.1, 0.15) is 6.04 Å². The van der Waals surface area contributed by atoms with Gasteiger partial charge < -0.3 is 0 Å². The van der Waals surface area contributed by atoms with Gasteiger partial charge in [-0.15, -0.1) is 0 Å². The summed E-state index contributed by atoms with van der Waals surface area (Å²) in [6.07, 6.45) is -4.37. The normalized spacial score (nSPS) is 19.2. The summed E-state index contributed by atoms with van der Waals surface area (Å²) in [5.74, 6) is -0.400. The van der Waals surface area contributed by atoms with Gasteiger partial charge in [0.05, 0.1) is 11.6 Å². The van der Waals surface area contributed by atoms with Gasteiger partial charge in [-0.2, -0.15) is 18.4 Å². The molecule has 1 aliphatic heterocycles. The van der Waals surface area contributed by atoms with Gasteiger partial charge >= 0.3 is 6.18 Å². The van der Waals surface area contributed by atoms with Crippen molar-refractivity contribution < 1.29 is 18.0 Å². The molecule has 1 fully saturated rings. The third kappa shape index (κ3) is 4.02. The molecule has 1 N–H and O–H groups in total. The number of benzene rings is 1. The molecule has 0 bridgehead atoms. The van der Waals surface area contributed by atoms with E-state index in [0.29, 0.717) is 5.56 Å². The van der Waals surface area contributed by atoms with Gasteiger partial charge in [-0.1, -0.05) is 12.1 Å². The highest BCUT2D eigenvalue weighted by molar-refractivity contribution is 5.78. The van der Waals surface area contributed by atoms with E-state index in [1.807, 2.05) is 6.07 Å². The number of hydrogen-bond donors (Lipinski definition) is 1. The monoisotopic (exact) mass is 325 g/mol. The molecule has 0 aromatic heterocycles. The average molecular weight is 325 g/mol. The molecule has 1 aromatic carbocycles. The zero-order valence-electron chi connectivity index (χ0n) is 12.9. The molecule has 7 heteroatoms. The number of hydrogen-bond acceptors (Lipinski definition) is 3. The van der Waals surface area contributed by atoms with Gasteiger partial charge in [-0.05, 0) is 44.4 Å². The Balaban J connectivity index is 2.13. The van der Waals surface area contributed by atoms with Crippen molar-refractivity contribution in [1.29, 1.82) is 5.26 Å². The standard InChI is InChI=1S/C16H18F3N3O/c1-15(2)9-14(23)21-22(15)13(16(17,18)19)8-7-11-3-5-12(10-20)6-4-11/h3-6,13H,7-9H2,1-2H3,(H,21,23)/t13-/m0/s1. The Morgan fingerprint density at radius 1 is 1.35 bits per heavy atom. The van der Waals surface area contributed by atoms with Crippen LogP contribution in [0.25, 0.3) is 0 Å². The molecule has 1 atom stereocenters. The lowest BCUT2D eigenvalue weighted by Crippen LogP contribution is -2.56. The fraction of sp³-hybridized carbons (Fsp3) is 0.500. The van der Waals surface area contributed by atoms with E-state index in [-0.39, 0.29) is 19.3 Å². The van der Waals surface area contributed by atoms with Gasteiger partial charge in [-0.3, -0.25) is 10.2 Å². The maximum atomic E-state index is 13.4. The number of rotatable bonds is 4. The van der Waals surface area contributed by atoms with E-state index in [4.69, 9.17) is 5.26 Å². The molecule has 1 amide bonds. The second-order valence-electron chi connectivity index (χ2n) is 6.30. The molecule has 0 unspecified atom stereocenters. The predicted octanol–water partition coefficient (Wildman–Crippen LogP) is 2.94. The minimum atomic E-state index is -4.44. The summed E-state index contributed by atoms with van der Waals surface area (Å²) < 4.78 is 40.3. The van der Waals surface area contributed by atoms with Crippen LogP contribution in [0, 0.1) is 11.3 Å². The molecule has 4 nitrogen and oxygen atoms in total. The van der Waals surface area contributed by atoms with Gasteiger partial charge in [0.2, 0.25) is 5.91 Å². The zero-order valence-corrected chi connectivity index (χ0v) is 12.9. The molecule has 1 heterocycles. The molecule has 0 radical (unpaired) electrons. The summed E-state index contributed by atoms with van der Waals surface area (Å²) >= 11 is 0. The van der Waals surface area contributed by atoms with E-state index in [1.165, 1.54) is 0 Å². The summed E-state index contributed by atoms with van der Waals surface area (Å²) in [5.41, 5.74) is 2.64. The summed E-state index contributed by atoms with van der Waals surface area (Å²) in [6.45, 7) is 3.23. The molecule has 2 rings (SSSR count). The molecule has 1 saturated heterocycles.